The summed E-state index contributed by atoms with van der Waals surface area (Å²) in [7, 11) is 1.81. The molecular formula is C12H12NO-. The molecule has 0 fully saturated rings. The largest absolute Gasteiger partial charge is 0.661 e. The second-order valence-corrected chi connectivity index (χ2v) is 3.34. The van der Waals surface area contributed by atoms with E-state index in [0.717, 1.165) is 17.3 Å². The van der Waals surface area contributed by atoms with Gasteiger partial charge in [-0.25, -0.2) is 0 Å². The minimum Gasteiger partial charge on any atom is -0.661 e. The molecular weight excluding hydrogens is 174 g/mol. The molecule has 0 saturated heterocycles. The van der Waals surface area contributed by atoms with Crippen molar-refractivity contribution in [2.24, 2.45) is 0 Å². The Kier molecular flexibility index (Phi) is 2.37. The standard InChI is InChI=1S/C12H12NO/c1-13-8-9-2-3-11-7-12(14)5-4-10(11)6-9/h2-7,14H,8H2,1H3/q-1. The van der Waals surface area contributed by atoms with E-state index in [1.54, 1.807) is 19.2 Å². The maximum Gasteiger partial charge on any atom is 0.116 e. The van der Waals surface area contributed by atoms with Crippen LogP contribution in [0.5, 0.6) is 5.75 Å². The molecule has 2 rings (SSSR count). The summed E-state index contributed by atoms with van der Waals surface area (Å²) in [6.07, 6.45) is 0. The average molecular weight is 186 g/mol. The first-order chi connectivity index (χ1) is 6.79. The predicted molar refractivity (Wildman–Crippen MR) is 58.6 cm³/mol. The summed E-state index contributed by atoms with van der Waals surface area (Å²) in [6, 6.07) is 11.5. The highest BCUT2D eigenvalue weighted by Gasteiger charge is 1.95. The first-order valence-corrected chi connectivity index (χ1v) is 4.57. The van der Waals surface area contributed by atoms with Gasteiger partial charge in [-0.1, -0.05) is 29.8 Å². The number of hydrogen-bond acceptors (Lipinski definition) is 1. The Morgan fingerprint density at radius 2 is 1.79 bits per heavy atom. The molecule has 14 heavy (non-hydrogen) atoms. The van der Waals surface area contributed by atoms with Crippen molar-refractivity contribution in [2.75, 3.05) is 7.05 Å². The van der Waals surface area contributed by atoms with E-state index in [-0.39, 0.29) is 0 Å². The third-order valence-electron chi connectivity index (χ3n) is 2.23. The van der Waals surface area contributed by atoms with E-state index < -0.39 is 0 Å². The highest BCUT2D eigenvalue weighted by molar-refractivity contribution is 5.84. The molecule has 2 heteroatoms. The molecule has 0 atom stereocenters. The number of phenolic OH excluding ortho intramolecular Hbond substituents is 1. The molecule has 0 bridgehead atoms. The van der Waals surface area contributed by atoms with Crippen molar-refractivity contribution < 1.29 is 5.11 Å². The summed E-state index contributed by atoms with van der Waals surface area (Å²) < 4.78 is 0. The minimum absolute atomic E-state index is 0.311. The van der Waals surface area contributed by atoms with Gasteiger partial charge in [-0.2, -0.15) is 7.05 Å². The Morgan fingerprint density at radius 1 is 1.07 bits per heavy atom. The van der Waals surface area contributed by atoms with Gasteiger partial charge >= 0.3 is 0 Å². The maximum atomic E-state index is 9.28. The van der Waals surface area contributed by atoms with Gasteiger partial charge in [0.1, 0.15) is 5.75 Å². The van der Waals surface area contributed by atoms with Crippen molar-refractivity contribution in [2.45, 2.75) is 6.54 Å². The monoisotopic (exact) mass is 186 g/mol. The molecule has 0 aliphatic heterocycles. The van der Waals surface area contributed by atoms with Crippen LogP contribution in [0.25, 0.3) is 16.1 Å². The van der Waals surface area contributed by atoms with Crippen LogP contribution >= 0.6 is 0 Å². The van der Waals surface area contributed by atoms with Gasteiger partial charge < -0.3 is 10.4 Å². The van der Waals surface area contributed by atoms with Crippen LogP contribution in [0.1, 0.15) is 5.56 Å². The average Bonchev–Trinajstić information content (AvgIpc) is 2.19. The first-order valence-electron chi connectivity index (χ1n) is 4.57. The maximum absolute atomic E-state index is 9.28. The van der Waals surface area contributed by atoms with E-state index in [9.17, 15) is 5.11 Å². The summed E-state index contributed by atoms with van der Waals surface area (Å²) in [4.78, 5) is 0. The third kappa shape index (κ3) is 1.70. The topological polar surface area (TPSA) is 34.3 Å². The number of phenols is 1. The van der Waals surface area contributed by atoms with Crippen molar-refractivity contribution in [3.8, 4) is 5.75 Å². The highest BCUT2D eigenvalue weighted by Crippen LogP contribution is 2.21. The molecule has 2 nitrogen and oxygen atoms in total. The Hall–Kier alpha value is -1.54. The van der Waals surface area contributed by atoms with Gasteiger partial charge in [-0.15, -0.1) is 6.54 Å². The number of fused-ring (bicyclic) bond motifs is 1. The highest BCUT2D eigenvalue weighted by atomic mass is 16.3. The molecule has 0 amide bonds. The van der Waals surface area contributed by atoms with E-state index in [4.69, 9.17) is 0 Å². The SMILES string of the molecule is C[N-]Cc1ccc2cc(O)ccc2c1. The Morgan fingerprint density at radius 3 is 2.57 bits per heavy atom. The fourth-order valence-corrected chi connectivity index (χ4v) is 1.56. The van der Waals surface area contributed by atoms with Crippen molar-refractivity contribution >= 4 is 10.8 Å². The summed E-state index contributed by atoms with van der Waals surface area (Å²) >= 11 is 0. The van der Waals surface area contributed by atoms with E-state index >= 15 is 0 Å². The van der Waals surface area contributed by atoms with Gasteiger partial charge in [0.25, 0.3) is 0 Å². The number of nitrogens with zero attached hydrogens (tertiary/aromatic N) is 1. The van der Waals surface area contributed by atoms with Crippen LogP contribution in [0.15, 0.2) is 36.4 Å². The lowest BCUT2D eigenvalue weighted by Crippen LogP contribution is -1.82. The number of benzene rings is 2. The molecule has 0 aliphatic rings. The molecule has 0 unspecified atom stereocenters. The summed E-state index contributed by atoms with van der Waals surface area (Å²) in [6.45, 7) is 0.747. The molecule has 72 valence electrons. The van der Waals surface area contributed by atoms with E-state index in [0.29, 0.717) is 5.75 Å². The Labute approximate surface area is 83.2 Å². The lowest BCUT2D eigenvalue weighted by atomic mass is 10.1. The molecule has 2 aromatic rings. The summed E-state index contributed by atoms with van der Waals surface area (Å²) in [5.74, 6) is 0.311. The van der Waals surface area contributed by atoms with Crippen LogP contribution < -0.4 is 0 Å². The zero-order valence-electron chi connectivity index (χ0n) is 8.07. The van der Waals surface area contributed by atoms with Crippen molar-refractivity contribution in [1.29, 1.82) is 0 Å². The van der Waals surface area contributed by atoms with Gasteiger partial charge in [-0.05, 0) is 22.9 Å². The Balaban J connectivity index is 2.50. The summed E-state index contributed by atoms with van der Waals surface area (Å²) in [5, 5.41) is 15.6. The van der Waals surface area contributed by atoms with Crippen LogP contribution in [-0.4, -0.2) is 12.2 Å². The number of rotatable bonds is 2. The molecule has 0 saturated carbocycles. The minimum atomic E-state index is 0.311. The Bertz CT molecular complexity index is 451. The zero-order valence-corrected chi connectivity index (χ0v) is 8.07. The lowest BCUT2D eigenvalue weighted by Gasteiger charge is -2.11. The van der Waals surface area contributed by atoms with Crippen molar-refractivity contribution in [3.05, 3.63) is 47.3 Å². The van der Waals surface area contributed by atoms with Gasteiger partial charge in [0, 0.05) is 0 Å². The smallest absolute Gasteiger partial charge is 0.116 e. The molecule has 1 N–H and O–H groups in total. The third-order valence-corrected chi connectivity index (χ3v) is 2.23. The van der Waals surface area contributed by atoms with Crippen LogP contribution in [0.3, 0.4) is 0 Å². The molecule has 0 heterocycles. The van der Waals surface area contributed by atoms with E-state index in [2.05, 4.69) is 11.4 Å². The van der Waals surface area contributed by atoms with Gasteiger partial charge in [0.2, 0.25) is 0 Å². The van der Waals surface area contributed by atoms with Crippen LogP contribution in [0, 0.1) is 0 Å². The molecule has 0 aliphatic carbocycles. The fourth-order valence-electron chi connectivity index (χ4n) is 1.56. The first kappa shape index (κ1) is 9.03. The zero-order chi connectivity index (χ0) is 9.97. The van der Waals surface area contributed by atoms with Crippen LogP contribution in [-0.2, 0) is 6.54 Å². The van der Waals surface area contributed by atoms with Crippen LogP contribution in [0.4, 0.5) is 0 Å². The molecule has 0 radical (unpaired) electrons. The van der Waals surface area contributed by atoms with Crippen LogP contribution in [0.2, 0.25) is 0 Å². The van der Waals surface area contributed by atoms with Gasteiger partial charge in [-0.3, -0.25) is 0 Å². The summed E-state index contributed by atoms with van der Waals surface area (Å²) in [5.41, 5.74) is 1.20. The second kappa shape index (κ2) is 3.68. The second-order valence-electron chi connectivity index (χ2n) is 3.34. The number of hydrogen-bond donors (Lipinski definition) is 1. The normalized spacial score (nSPS) is 10.6. The van der Waals surface area contributed by atoms with Gasteiger partial charge in [0.15, 0.2) is 0 Å². The van der Waals surface area contributed by atoms with Crippen molar-refractivity contribution in [1.82, 2.24) is 0 Å². The fraction of sp³-hybridized carbons (Fsp3) is 0.167. The number of aromatic hydroxyl groups is 1. The van der Waals surface area contributed by atoms with E-state index in [1.807, 2.05) is 18.2 Å². The van der Waals surface area contributed by atoms with Gasteiger partial charge in [0.05, 0.1) is 0 Å². The predicted octanol–water partition coefficient (Wildman–Crippen LogP) is 3.05. The van der Waals surface area contributed by atoms with E-state index in [1.165, 1.54) is 5.56 Å². The molecule has 0 aromatic heterocycles. The van der Waals surface area contributed by atoms with Crippen molar-refractivity contribution in [3.63, 3.8) is 0 Å². The lowest BCUT2D eigenvalue weighted by molar-refractivity contribution is 0.476. The molecule has 0 spiro atoms. The quantitative estimate of drug-likeness (QED) is 0.768. The molecule has 2 aromatic carbocycles.